The fraction of sp³-hybridized carbons (Fsp3) is 0.875. The summed E-state index contributed by atoms with van der Waals surface area (Å²) in [6.07, 6.45) is 1.04. The van der Waals surface area contributed by atoms with Gasteiger partial charge in [0.1, 0.15) is 6.04 Å². The lowest BCUT2D eigenvalue weighted by molar-refractivity contribution is -0.139. The van der Waals surface area contributed by atoms with Crippen LogP contribution in [0.3, 0.4) is 0 Å². The third-order valence-corrected chi connectivity index (χ3v) is 2.23. The minimum Gasteiger partial charge on any atom is -0.480 e. The predicted octanol–water partition coefficient (Wildman–Crippen LogP) is -0.245. The first-order valence-corrected chi connectivity index (χ1v) is 4.42. The molecule has 1 aliphatic rings. The number of aliphatic carboxylic acids is 1. The summed E-state index contributed by atoms with van der Waals surface area (Å²) in [6, 6.07) is -0.382. The number of likely N-dealkylation sites (N-methyl/N-ethyl adjacent to an activating group) is 1. The van der Waals surface area contributed by atoms with Gasteiger partial charge in [0, 0.05) is 6.54 Å². The second-order valence-corrected chi connectivity index (χ2v) is 3.09. The molecule has 0 radical (unpaired) electrons. The van der Waals surface area contributed by atoms with Crippen molar-refractivity contribution in [1.29, 1.82) is 0 Å². The average Bonchev–Trinajstić information content (AvgIpc) is 2.28. The fourth-order valence-corrected chi connectivity index (χ4v) is 1.45. The average molecular weight is 172 g/mol. The van der Waals surface area contributed by atoms with Crippen molar-refractivity contribution in [2.24, 2.45) is 0 Å². The molecule has 4 heteroatoms. The molecule has 0 amide bonds. The third-order valence-electron chi connectivity index (χ3n) is 2.23. The van der Waals surface area contributed by atoms with Gasteiger partial charge in [-0.2, -0.15) is 0 Å². The van der Waals surface area contributed by atoms with Gasteiger partial charge in [-0.3, -0.25) is 4.79 Å². The summed E-state index contributed by atoms with van der Waals surface area (Å²) >= 11 is 0. The van der Waals surface area contributed by atoms with Gasteiger partial charge in [0.15, 0.2) is 0 Å². The minimum atomic E-state index is -0.740. The summed E-state index contributed by atoms with van der Waals surface area (Å²) < 4.78 is 0. The van der Waals surface area contributed by atoms with Crippen LogP contribution in [0.15, 0.2) is 0 Å². The summed E-state index contributed by atoms with van der Waals surface area (Å²) in [7, 11) is 0. The second kappa shape index (κ2) is 4.42. The van der Waals surface area contributed by atoms with E-state index in [0.29, 0.717) is 6.54 Å². The molecule has 0 aromatic heterocycles. The lowest BCUT2D eigenvalue weighted by Crippen LogP contribution is -2.43. The summed E-state index contributed by atoms with van der Waals surface area (Å²) in [5, 5.41) is 11.8. The van der Waals surface area contributed by atoms with Crippen LogP contribution in [0.1, 0.15) is 13.3 Å². The standard InChI is InChI=1S/C8H16N2O2/c1-2-10-5-3-4-9-7(6-10)8(11)12/h7,9H,2-6H2,1H3,(H,11,12). The van der Waals surface area contributed by atoms with Gasteiger partial charge in [-0.25, -0.2) is 0 Å². The highest BCUT2D eigenvalue weighted by Gasteiger charge is 2.21. The number of nitrogens with one attached hydrogen (secondary N) is 1. The van der Waals surface area contributed by atoms with Crippen molar-refractivity contribution in [1.82, 2.24) is 10.2 Å². The molecule has 1 unspecified atom stereocenters. The quantitative estimate of drug-likeness (QED) is 0.603. The molecule has 12 heavy (non-hydrogen) atoms. The molecule has 1 fully saturated rings. The number of hydrogen-bond acceptors (Lipinski definition) is 3. The van der Waals surface area contributed by atoms with Crippen molar-refractivity contribution >= 4 is 5.97 Å². The zero-order valence-corrected chi connectivity index (χ0v) is 7.42. The van der Waals surface area contributed by atoms with Crippen molar-refractivity contribution < 1.29 is 9.90 Å². The molecular formula is C8H16N2O2. The molecule has 2 N–H and O–H groups in total. The van der Waals surface area contributed by atoms with E-state index in [1.54, 1.807) is 0 Å². The van der Waals surface area contributed by atoms with Crippen LogP contribution in [0.25, 0.3) is 0 Å². The first kappa shape index (κ1) is 9.48. The van der Waals surface area contributed by atoms with Crippen LogP contribution in [0, 0.1) is 0 Å². The van der Waals surface area contributed by atoms with E-state index >= 15 is 0 Å². The Morgan fingerprint density at radius 2 is 2.50 bits per heavy atom. The van der Waals surface area contributed by atoms with Gasteiger partial charge in [0.25, 0.3) is 0 Å². The monoisotopic (exact) mass is 172 g/mol. The number of nitrogens with zero attached hydrogens (tertiary/aromatic N) is 1. The van der Waals surface area contributed by atoms with E-state index in [9.17, 15) is 4.79 Å². The molecule has 1 rings (SSSR count). The zero-order chi connectivity index (χ0) is 8.97. The molecule has 1 heterocycles. The molecule has 1 saturated heterocycles. The Kier molecular flexibility index (Phi) is 3.49. The fourth-order valence-electron chi connectivity index (χ4n) is 1.45. The Morgan fingerprint density at radius 1 is 1.75 bits per heavy atom. The van der Waals surface area contributed by atoms with Crippen molar-refractivity contribution in [3.05, 3.63) is 0 Å². The van der Waals surface area contributed by atoms with Gasteiger partial charge in [0.2, 0.25) is 0 Å². The van der Waals surface area contributed by atoms with Gasteiger partial charge in [0.05, 0.1) is 0 Å². The van der Waals surface area contributed by atoms with E-state index in [0.717, 1.165) is 26.1 Å². The number of carbonyl (C=O) groups is 1. The molecule has 0 bridgehead atoms. The van der Waals surface area contributed by atoms with Crippen LogP contribution in [0.5, 0.6) is 0 Å². The van der Waals surface area contributed by atoms with Gasteiger partial charge >= 0.3 is 5.97 Å². The van der Waals surface area contributed by atoms with Crippen LogP contribution < -0.4 is 5.32 Å². The predicted molar refractivity (Wildman–Crippen MR) is 46.2 cm³/mol. The topological polar surface area (TPSA) is 52.6 Å². The van der Waals surface area contributed by atoms with Crippen LogP contribution in [-0.4, -0.2) is 48.2 Å². The molecule has 0 aromatic rings. The van der Waals surface area contributed by atoms with Crippen molar-refractivity contribution in [3.63, 3.8) is 0 Å². The van der Waals surface area contributed by atoms with Crippen LogP contribution >= 0.6 is 0 Å². The van der Waals surface area contributed by atoms with Crippen molar-refractivity contribution in [3.8, 4) is 0 Å². The smallest absolute Gasteiger partial charge is 0.322 e. The number of hydrogen-bond donors (Lipinski definition) is 2. The largest absolute Gasteiger partial charge is 0.480 e. The molecular weight excluding hydrogens is 156 g/mol. The van der Waals surface area contributed by atoms with E-state index < -0.39 is 5.97 Å². The van der Waals surface area contributed by atoms with E-state index in [4.69, 9.17) is 5.11 Å². The maximum Gasteiger partial charge on any atom is 0.322 e. The lowest BCUT2D eigenvalue weighted by Gasteiger charge is -2.19. The van der Waals surface area contributed by atoms with Gasteiger partial charge < -0.3 is 15.3 Å². The second-order valence-electron chi connectivity index (χ2n) is 3.09. The zero-order valence-electron chi connectivity index (χ0n) is 7.42. The van der Waals surface area contributed by atoms with Crippen LogP contribution in [0.2, 0.25) is 0 Å². The molecule has 0 saturated carbocycles. The number of carboxylic acids is 1. The highest BCUT2D eigenvalue weighted by atomic mass is 16.4. The van der Waals surface area contributed by atoms with Gasteiger partial charge in [-0.15, -0.1) is 0 Å². The van der Waals surface area contributed by atoms with E-state index in [-0.39, 0.29) is 6.04 Å². The van der Waals surface area contributed by atoms with E-state index in [1.165, 1.54) is 0 Å². The highest BCUT2D eigenvalue weighted by Crippen LogP contribution is 1.99. The molecule has 0 aromatic carbocycles. The molecule has 1 atom stereocenters. The maximum atomic E-state index is 10.7. The minimum absolute atomic E-state index is 0.382. The molecule has 4 nitrogen and oxygen atoms in total. The molecule has 1 aliphatic heterocycles. The Labute approximate surface area is 72.6 Å². The lowest BCUT2D eigenvalue weighted by atomic mass is 10.3. The molecule has 0 spiro atoms. The summed E-state index contributed by atoms with van der Waals surface area (Å²) in [5.41, 5.74) is 0. The van der Waals surface area contributed by atoms with Gasteiger partial charge in [-0.1, -0.05) is 6.92 Å². The van der Waals surface area contributed by atoms with Gasteiger partial charge in [-0.05, 0) is 26.1 Å². The SMILES string of the molecule is CCN1CCCNC(C(=O)O)C1. The Morgan fingerprint density at radius 3 is 3.08 bits per heavy atom. The first-order chi connectivity index (χ1) is 5.74. The first-order valence-electron chi connectivity index (χ1n) is 4.42. The van der Waals surface area contributed by atoms with Crippen molar-refractivity contribution in [2.75, 3.05) is 26.2 Å². The summed E-state index contributed by atoms with van der Waals surface area (Å²) in [4.78, 5) is 12.8. The van der Waals surface area contributed by atoms with E-state index in [1.807, 2.05) is 0 Å². The normalized spacial score (nSPS) is 26.6. The highest BCUT2D eigenvalue weighted by molar-refractivity contribution is 5.73. The van der Waals surface area contributed by atoms with E-state index in [2.05, 4.69) is 17.1 Å². The van der Waals surface area contributed by atoms with Crippen molar-refractivity contribution in [2.45, 2.75) is 19.4 Å². The Bertz CT molecular complexity index is 161. The van der Waals surface area contributed by atoms with Crippen LogP contribution in [0.4, 0.5) is 0 Å². The summed E-state index contributed by atoms with van der Waals surface area (Å²) in [5.74, 6) is -0.740. The maximum absolute atomic E-state index is 10.7. The Balaban J connectivity index is 2.47. The molecule has 0 aliphatic carbocycles. The number of carboxylic acid groups (broad SMARTS) is 1. The number of rotatable bonds is 2. The third kappa shape index (κ3) is 2.46. The molecule has 70 valence electrons. The summed E-state index contributed by atoms with van der Waals surface area (Å²) in [6.45, 7) is 5.45. The Hall–Kier alpha value is -0.610. The van der Waals surface area contributed by atoms with Crippen LogP contribution in [-0.2, 0) is 4.79 Å².